The number of carbonyl (C=O) groups excluding carboxylic acids is 1. The standard InChI is InChI=1S/C13H16N2O8/c1-3-22-12(16)10(14(18)19)8-6-5-7-9-11(15(20)21)13(17)23-4-2/h5-9,16H,3-4H2,1-2H3/p-1/b7-5+,8-6+,11-9+,12-10-. The number of ether oxygens (including phenoxy) is 2. The highest BCUT2D eigenvalue weighted by Crippen LogP contribution is 2.04. The number of nitro groups is 2. The quantitative estimate of drug-likeness (QED) is 0.150. The van der Waals surface area contributed by atoms with Crippen LogP contribution in [-0.4, -0.2) is 29.0 Å². The van der Waals surface area contributed by atoms with Crippen LogP contribution in [0.15, 0.2) is 47.7 Å². The molecule has 0 saturated carbocycles. The number of carbonyl (C=O) groups is 1. The molecule has 0 aromatic carbocycles. The fourth-order valence-corrected chi connectivity index (χ4v) is 1.17. The van der Waals surface area contributed by atoms with Crippen molar-refractivity contribution in [2.75, 3.05) is 13.2 Å². The molecule has 23 heavy (non-hydrogen) atoms. The Labute approximate surface area is 131 Å². The molecule has 10 nitrogen and oxygen atoms in total. The Hall–Kier alpha value is -3.17. The fourth-order valence-electron chi connectivity index (χ4n) is 1.17. The van der Waals surface area contributed by atoms with Crippen LogP contribution in [0.3, 0.4) is 0 Å². The molecule has 0 radical (unpaired) electrons. The van der Waals surface area contributed by atoms with Gasteiger partial charge in [-0.25, -0.2) is 4.79 Å². The fraction of sp³-hybridized carbons (Fsp3) is 0.308. The molecule has 0 bridgehead atoms. The highest BCUT2D eigenvalue weighted by Gasteiger charge is 2.21. The zero-order valence-electron chi connectivity index (χ0n) is 12.5. The average Bonchev–Trinajstić information content (AvgIpc) is 2.45. The van der Waals surface area contributed by atoms with E-state index in [0.29, 0.717) is 0 Å². The maximum absolute atomic E-state index is 11.3. The summed E-state index contributed by atoms with van der Waals surface area (Å²) in [5.41, 5.74) is -1.58. The summed E-state index contributed by atoms with van der Waals surface area (Å²) < 4.78 is 8.99. The van der Waals surface area contributed by atoms with Gasteiger partial charge in [-0.3, -0.25) is 20.2 Å². The number of rotatable bonds is 9. The molecular formula is C13H15N2O8-. The molecule has 0 N–H and O–H groups in total. The maximum Gasteiger partial charge on any atom is 0.409 e. The van der Waals surface area contributed by atoms with Crippen molar-refractivity contribution in [2.24, 2.45) is 0 Å². The molecule has 0 spiro atoms. The Morgan fingerprint density at radius 3 is 2.09 bits per heavy atom. The van der Waals surface area contributed by atoms with Crippen molar-refractivity contribution in [3.8, 4) is 0 Å². The second kappa shape index (κ2) is 10.5. The zero-order valence-corrected chi connectivity index (χ0v) is 12.5. The molecule has 0 unspecified atom stereocenters. The highest BCUT2D eigenvalue weighted by molar-refractivity contribution is 5.86. The number of esters is 1. The third kappa shape index (κ3) is 7.41. The molecule has 0 rings (SSSR count). The van der Waals surface area contributed by atoms with Crippen molar-refractivity contribution < 1.29 is 29.2 Å². The normalized spacial score (nSPS) is 13.0. The van der Waals surface area contributed by atoms with Crippen LogP contribution in [0.4, 0.5) is 0 Å². The van der Waals surface area contributed by atoms with E-state index in [9.17, 15) is 30.1 Å². The lowest BCUT2D eigenvalue weighted by atomic mass is 10.3. The van der Waals surface area contributed by atoms with Gasteiger partial charge in [0.05, 0.1) is 16.5 Å². The Morgan fingerprint density at radius 2 is 1.61 bits per heavy atom. The van der Waals surface area contributed by atoms with Crippen LogP contribution in [0, 0.1) is 20.2 Å². The molecule has 10 heteroatoms. The third-order valence-electron chi connectivity index (χ3n) is 2.09. The molecule has 0 aliphatic rings. The van der Waals surface area contributed by atoms with Crippen molar-refractivity contribution in [2.45, 2.75) is 13.8 Å². The number of hydrogen-bond acceptors (Lipinski definition) is 8. The van der Waals surface area contributed by atoms with E-state index in [1.807, 2.05) is 0 Å². The minimum Gasteiger partial charge on any atom is -0.609 e. The van der Waals surface area contributed by atoms with Gasteiger partial charge in [-0.15, -0.1) is 0 Å². The summed E-state index contributed by atoms with van der Waals surface area (Å²) in [6, 6.07) is 0. The molecule has 0 heterocycles. The first-order valence-corrected chi connectivity index (χ1v) is 6.40. The molecule has 0 aliphatic heterocycles. The number of hydrogen-bond donors (Lipinski definition) is 0. The third-order valence-corrected chi connectivity index (χ3v) is 2.09. The van der Waals surface area contributed by atoms with Crippen molar-refractivity contribution >= 4 is 5.97 Å². The van der Waals surface area contributed by atoms with E-state index in [1.54, 1.807) is 0 Å². The molecule has 126 valence electrons. The van der Waals surface area contributed by atoms with Crippen molar-refractivity contribution in [3.05, 3.63) is 67.9 Å². The van der Waals surface area contributed by atoms with E-state index >= 15 is 0 Å². The van der Waals surface area contributed by atoms with E-state index in [4.69, 9.17) is 0 Å². The Morgan fingerprint density at radius 1 is 1.00 bits per heavy atom. The van der Waals surface area contributed by atoms with Crippen LogP contribution in [-0.2, 0) is 14.3 Å². The SMILES string of the molecule is CCOC(=O)\C(=C/C=C/C=C/C(=C(\[O-])OCC)[N+](=O)[O-])[N+](=O)[O-]. The van der Waals surface area contributed by atoms with E-state index < -0.39 is 33.2 Å². The summed E-state index contributed by atoms with van der Waals surface area (Å²) in [6.07, 6.45) is 5.13. The van der Waals surface area contributed by atoms with Crippen LogP contribution in [0.1, 0.15) is 13.8 Å². The van der Waals surface area contributed by atoms with Gasteiger partial charge in [0.1, 0.15) is 5.95 Å². The molecule has 0 aliphatic carbocycles. The van der Waals surface area contributed by atoms with Crippen LogP contribution in [0.5, 0.6) is 0 Å². The summed E-state index contributed by atoms with van der Waals surface area (Å²) in [7, 11) is 0. The largest absolute Gasteiger partial charge is 0.609 e. The van der Waals surface area contributed by atoms with Gasteiger partial charge in [0, 0.05) is 12.2 Å². The lowest BCUT2D eigenvalue weighted by molar-refractivity contribution is -0.450. The van der Waals surface area contributed by atoms with Gasteiger partial charge < -0.3 is 14.6 Å². The van der Waals surface area contributed by atoms with Gasteiger partial charge in [0.2, 0.25) is 0 Å². The van der Waals surface area contributed by atoms with E-state index in [2.05, 4.69) is 9.47 Å². The predicted molar refractivity (Wildman–Crippen MR) is 75.6 cm³/mol. The number of nitrogens with zero attached hydrogens (tertiary/aromatic N) is 2. The summed E-state index contributed by atoms with van der Waals surface area (Å²) >= 11 is 0. The lowest BCUT2D eigenvalue weighted by Gasteiger charge is -2.10. The first-order valence-electron chi connectivity index (χ1n) is 6.40. The van der Waals surface area contributed by atoms with Gasteiger partial charge in [-0.05, 0) is 13.5 Å². The summed E-state index contributed by atoms with van der Waals surface area (Å²) in [4.78, 5) is 30.8. The molecule has 0 saturated heterocycles. The minimum absolute atomic E-state index is 0.0195. The zero-order chi connectivity index (χ0) is 17.8. The van der Waals surface area contributed by atoms with Gasteiger partial charge >= 0.3 is 11.7 Å². The van der Waals surface area contributed by atoms with Crippen molar-refractivity contribution in [1.82, 2.24) is 0 Å². The topological polar surface area (TPSA) is 145 Å². The average molecular weight is 327 g/mol. The minimum atomic E-state index is -1.10. The van der Waals surface area contributed by atoms with Gasteiger partial charge in [-0.2, -0.15) is 0 Å². The monoisotopic (exact) mass is 327 g/mol. The smallest absolute Gasteiger partial charge is 0.409 e. The Bertz CT molecular complexity index is 575. The van der Waals surface area contributed by atoms with Crippen molar-refractivity contribution in [3.63, 3.8) is 0 Å². The molecule has 0 aromatic rings. The van der Waals surface area contributed by atoms with Crippen molar-refractivity contribution in [1.29, 1.82) is 0 Å². The van der Waals surface area contributed by atoms with Crippen LogP contribution < -0.4 is 5.11 Å². The van der Waals surface area contributed by atoms with E-state index in [0.717, 1.165) is 24.3 Å². The lowest BCUT2D eigenvalue weighted by Crippen LogP contribution is -2.15. The summed E-state index contributed by atoms with van der Waals surface area (Å²) in [6.45, 7) is 2.96. The molecule has 0 fully saturated rings. The summed E-state index contributed by atoms with van der Waals surface area (Å²) in [5, 5.41) is 32.6. The maximum atomic E-state index is 11.3. The second-order valence-corrected chi connectivity index (χ2v) is 3.64. The predicted octanol–water partition coefficient (Wildman–Crippen LogP) is 0.665. The Balaban J connectivity index is 5.11. The van der Waals surface area contributed by atoms with E-state index in [1.165, 1.54) is 19.9 Å². The van der Waals surface area contributed by atoms with E-state index in [-0.39, 0.29) is 13.2 Å². The van der Waals surface area contributed by atoms with Gasteiger partial charge in [0.15, 0.2) is 0 Å². The van der Waals surface area contributed by atoms with Crippen LogP contribution in [0.2, 0.25) is 0 Å². The van der Waals surface area contributed by atoms with Gasteiger partial charge in [-0.1, -0.05) is 25.2 Å². The first-order chi connectivity index (χ1) is 10.8. The Kier molecular flexibility index (Phi) is 9.09. The molecule has 0 amide bonds. The molecule has 0 aromatic heterocycles. The first kappa shape index (κ1) is 19.8. The molecular weight excluding hydrogens is 312 g/mol. The van der Waals surface area contributed by atoms with Crippen LogP contribution >= 0.6 is 0 Å². The summed E-state index contributed by atoms with van der Waals surface area (Å²) in [5.74, 6) is -2.20. The molecule has 0 atom stereocenters. The second-order valence-electron chi connectivity index (χ2n) is 3.64. The number of allylic oxidation sites excluding steroid dienone is 5. The van der Waals surface area contributed by atoms with Crippen LogP contribution in [0.25, 0.3) is 0 Å². The highest BCUT2D eigenvalue weighted by atomic mass is 16.6. The van der Waals surface area contributed by atoms with Gasteiger partial charge in [0.25, 0.3) is 5.70 Å².